The van der Waals surface area contributed by atoms with Gasteiger partial charge in [-0.3, -0.25) is 14.9 Å². The van der Waals surface area contributed by atoms with E-state index in [2.05, 4.69) is 21.3 Å². The largest absolute Gasteiger partial charge is 0.444 e. The van der Waals surface area contributed by atoms with Gasteiger partial charge in [-0.2, -0.15) is 13.2 Å². The molecule has 0 aromatic heterocycles. The van der Waals surface area contributed by atoms with Crippen molar-refractivity contribution in [3.8, 4) is 0 Å². The van der Waals surface area contributed by atoms with Gasteiger partial charge in [0.05, 0.1) is 34.0 Å². The van der Waals surface area contributed by atoms with E-state index in [9.17, 15) is 36.0 Å². The third-order valence-electron chi connectivity index (χ3n) is 7.39. The summed E-state index contributed by atoms with van der Waals surface area (Å²) in [6.45, 7) is 8.19. The van der Waals surface area contributed by atoms with Crippen molar-refractivity contribution < 1.29 is 40.7 Å². The number of benzene rings is 2. The molecule has 10 nitrogen and oxygen atoms in total. The lowest BCUT2D eigenvalue weighted by Crippen LogP contribution is -2.52. The lowest BCUT2D eigenvalue weighted by atomic mass is 9.82. The summed E-state index contributed by atoms with van der Waals surface area (Å²) < 4.78 is 72.3. The average Bonchev–Trinajstić information content (AvgIpc) is 2.95. The van der Waals surface area contributed by atoms with Crippen LogP contribution in [-0.4, -0.2) is 68.6 Å². The van der Waals surface area contributed by atoms with Gasteiger partial charge >= 0.3 is 12.3 Å². The van der Waals surface area contributed by atoms with Crippen LogP contribution in [0.15, 0.2) is 52.3 Å². The second-order valence-electron chi connectivity index (χ2n) is 12.8. The van der Waals surface area contributed by atoms with Gasteiger partial charge in [-0.1, -0.05) is 13.8 Å². The van der Waals surface area contributed by atoms with Crippen molar-refractivity contribution >= 4 is 45.2 Å². The Morgan fingerprint density at radius 3 is 2.26 bits per heavy atom. The molecule has 3 unspecified atom stereocenters. The number of hydrogen-bond donors (Lipinski definition) is 4. The first-order valence-electron chi connectivity index (χ1n) is 15.2. The molecule has 47 heavy (non-hydrogen) atoms. The molecule has 0 spiro atoms. The predicted octanol–water partition coefficient (Wildman–Crippen LogP) is 5.63. The fraction of sp³-hybridized carbons (Fsp3) is 0.531. The molecule has 4 N–H and O–H groups in total. The molecule has 1 aliphatic carbocycles. The number of halogens is 3. The highest BCUT2D eigenvalue weighted by Gasteiger charge is 2.36. The van der Waals surface area contributed by atoms with E-state index in [0.717, 1.165) is 11.0 Å². The van der Waals surface area contributed by atoms with Crippen molar-refractivity contribution in [1.82, 2.24) is 16.0 Å². The Hall–Kier alpha value is -3.30. The van der Waals surface area contributed by atoms with Gasteiger partial charge in [0, 0.05) is 23.0 Å². The quantitative estimate of drug-likeness (QED) is 0.221. The van der Waals surface area contributed by atoms with Crippen LogP contribution >= 0.6 is 11.8 Å². The van der Waals surface area contributed by atoms with Crippen molar-refractivity contribution in [2.24, 2.45) is 5.92 Å². The third kappa shape index (κ3) is 11.7. The summed E-state index contributed by atoms with van der Waals surface area (Å²) in [6, 6.07) is 8.52. The molecule has 3 rings (SSSR count). The van der Waals surface area contributed by atoms with Gasteiger partial charge in [0.25, 0.3) is 5.91 Å². The molecule has 2 aromatic rings. The summed E-state index contributed by atoms with van der Waals surface area (Å²) in [5.74, 6) is -2.32. The fourth-order valence-electron chi connectivity index (χ4n) is 5.37. The summed E-state index contributed by atoms with van der Waals surface area (Å²) in [7, 11) is -3.70. The number of ether oxygens (including phenoxy) is 1. The van der Waals surface area contributed by atoms with Gasteiger partial charge in [-0.05, 0) is 94.7 Å². The number of sulfone groups is 1. The van der Waals surface area contributed by atoms with Gasteiger partial charge in [0.15, 0.2) is 9.84 Å². The highest BCUT2D eigenvalue weighted by atomic mass is 32.2. The van der Waals surface area contributed by atoms with E-state index in [4.69, 9.17) is 4.74 Å². The average molecular weight is 701 g/mol. The molecule has 1 saturated carbocycles. The monoisotopic (exact) mass is 700 g/mol. The topological polar surface area (TPSA) is 143 Å². The number of amides is 3. The molecule has 0 aliphatic heterocycles. The van der Waals surface area contributed by atoms with Crippen molar-refractivity contribution in [3.05, 3.63) is 53.6 Å². The smallest absolute Gasteiger partial charge is 0.416 e. The number of alkyl halides is 3. The molecule has 260 valence electrons. The maximum atomic E-state index is 13.5. The lowest BCUT2D eigenvalue weighted by Gasteiger charge is -2.37. The van der Waals surface area contributed by atoms with E-state index in [0.29, 0.717) is 31.4 Å². The summed E-state index contributed by atoms with van der Waals surface area (Å²) in [5.41, 5.74) is -2.79. The molecule has 0 bridgehead atoms. The van der Waals surface area contributed by atoms with Crippen LogP contribution in [0.5, 0.6) is 0 Å². The van der Waals surface area contributed by atoms with Crippen LogP contribution in [0, 0.1) is 5.92 Å². The number of nitrogens with one attached hydrogen (secondary N) is 4. The fourth-order valence-corrected chi connectivity index (χ4v) is 7.45. The SMILES string of the molecule is CSc1ccc(S(=O)(=O)CC2CC(NC(C)C)CCC2NC(=O)CNC(=O)c2cc(C(F)(F)F)ccc2NC(=O)OC(C)(C)C)cc1. The van der Waals surface area contributed by atoms with Crippen molar-refractivity contribution in [1.29, 1.82) is 0 Å². The normalized spacial score (nSPS) is 18.8. The Kier molecular flexibility index (Phi) is 12.8. The first-order chi connectivity index (χ1) is 21.8. The van der Waals surface area contributed by atoms with Crippen LogP contribution in [0.25, 0.3) is 0 Å². The van der Waals surface area contributed by atoms with E-state index in [1.54, 1.807) is 45.0 Å². The van der Waals surface area contributed by atoms with Crippen molar-refractivity contribution in [3.63, 3.8) is 0 Å². The number of rotatable bonds is 11. The Morgan fingerprint density at radius 2 is 1.68 bits per heavy atom. The summed E-state index contributed by atoms with van der Waals surface area (Å²) in [4.78, 5) is 39.5. The molecule has 0 saturated heterocycles. The zero-order chi connectivity index (χ0) is 35.2. The van der Waals surface area contributed by atoms with Crippen LogP contribution in [-0.2, 0) is 25.5 Å². The van der Waals surface area contributed by atoms with Gasteiger partial charge in [-0.25, -0.2) is 13.2 Å². The molecule has 1 aliphatic rings. The minimum atomic E-state index is -4.77. The maximum absolute atomic E-state index is 13.5. The minimum Gasteiger partial charge on any atom is -0.444 e. The van der Waals surface area contributed by atoms with E-state index in [1.165, 1.54) is 11.8 Å². The van der Waals surface area contributed by atoms with Gasteiger partial charge in [0.1, 0.15) is 5.60 Å². The van der Waals surface area contributed by atoms with Crippen LogP contribution in [0.2, 0.25) is 0 Å². The summed E-state index contributed by atoms with van der Waals surface area (Å²) in [6.07, 6.45) is -2.21. The molecule has 1 fully saturated rings. The van der Waals surface area contributed by atoms with Crippen molar-refractivity contribution in [2.45, 2.75) is 93.6 Å². The van der Waals surface area contributed by atoms with Gasteiger partial charge < -0.3 is 20.7 Å². The first-order valence-corrected chi connectivity index (χ1v) is 18.1. The Morgan fingerprint density at radius 1 is 1.02 bits per heavy atom. The van der Waals surface area contributed by atoms with E-state index < -0.39 is 69.2 Å². The summed E-state index contributed by atoms with van der Waals surface area (Å²) in [5, 5.41) is 10.9. The Labute approximate surface area is 278 Å². The number of anilines is 1. The molecular formula is C32H43F3N4O6S2. The van der Waals surface area contributed by atoms with Gasteiger partial charge in [-0.15, -0.1) is 11.8 Å². The highest BCUT2D eigenvalue weighted by Crippen LogP contribution is 2.32. The number of carbonyl (C=O) groups excluding carboxylic acids is 3. The zero-order valence-electron chi connectivity index (χ0n) is 27.3. The number of carbonyl (C=O) groups is 3. The van der Waals surface area contributed by atoms with E-state index in [-0.39, 0.29) is 28.4 Å². The second-order valence-corrected chi connectivity index (χ2v) is 15.7. The molecule has 3 atom stereocenters. The standard InChI is InChI=1S/C32H43F3N4O6S2/c1-19(2)37-22-8-14-26(20(15-22)18-47(43,44)24-11-9-23(46-6)10-12-24)38-28(40)17-36-29(41)25-16-21(32(33,34)35)7-13-27(25)39-30(42)45-31(3,4)5/h7,9-13,16,19-20,22,26,37H,8,14-15,17-18H2,1-6H3,(H,36,41)(H,38,40)(H,39,42). The highest BCUT2D eigenvalue weighted by molar-refractivity contribution is 7.98. The first kappa shape index (κ1) is 38.2. The van der Waals surface area contributed by atoms with Crippen LogP contribution < -0.4 is 21.3 Å². The zero-order valence-corrected chi connectivity index (χ0v) is 28.9. The van der Waals surface area contributed by atoms with Gasteiger partial charge in [0.2, 0.25) is 5.91 Å². The number of thioether (sulfide) groups is 1. The predicted molar refractivity (Wildman–Crippen MR) is 175 cm³/mol. The van der Waals surface area contributed by atoms with E-state index >= 15 is 0 Å². The molecule has 3 amide bonds. The van der Waals surface area contributed by atoms with E-state index in [1.807, 2.05) is 20.1 Å². The molecule has 0 heterocycles. The lowest BCUT2D eigenvalue weighted by molar-refractivity contribution is -0.137. The second kappa shape index (κ2) is 15.7. The minimum absolute atomic E-state index is 0.0405. The third-order valence-corrected chi connectivity index (χ3v) is 9.99. The van der Waals surface area contributed by atoms with Crippen LogP contribution in [0.4, 0.5) is 23.7 Å². The molecule has 0 radical (unpaired) electrons. The van der Waals surface area contributed by atoms with Crippen LogP contribution in [0.1, 0.15) is 69.8 Å². The maximum Gasteiger partial charge on any atom is 0.416 e. The molecule has 15 heteroatoms. The Bertz CT molecular complexity index is 1530. The Balaban J connectivity index is 1.75. The molecular weight excluding hydrogens is 658 g/mol. The van der Waals surface area contributed by atoms with Crippen molar-refractivity contribution in [2.75, 3.05) is 23.9 Å². The summed E-state index contributed by atoms with van der Waals surface area (Å²) >= 11 is 1.49. The van der Waals surface area contributed by atoms with Crippen LogP contribution in [0.3, 0.4) is 0 Å². The number of hydrogen-bond acceptors (Lipinski definition) is 8. The molecule has 2 aromatic carbocycles.